The fourth-order valence-corrected chi connectivity index (χ4v) is 8.89. The van der Waals surface area contributed by atoms with Crippen LogP contribution in [0.5, 0.6) is 0 Å². The minimum atomic E-state index is -0.691. The molecule has 0 bridgehead atoms. The van der Waals surface area contributed by atoms with Crippen LogP contribution in [0.15, 0.2) is 59.7 Å². The van der Waals surface area contributed by atoms with Gasteiger partial charge in [-0.2, -0.15) is 0 Å². The van der Waals surface area contributed by atoms with Gasteiger partial charge in [0.2, 0.25) is 17.7 Å². The van der Waals surface area contributed by atoms with E-state index in [4.69, 9.17) is 28.9 Å². The lowest BCUT2D eigenvalue weighted by Crippen LogP contribution is -2.53. The molecule has 4 aliphatic heterocycles. The Morgan fingerprint density at radius 1 is 0.797 bits per heavy atom. The van der Waals surface area contributed by atoms with Crippen molar-refractivity contribution in [3.63, 3.8) is 0 Å². The van der Waals surface area contributed by atoms with E-state index in [1.165, 1.54) is 7.11 Å². The number of hydrogen-bond acceptors (Lipinski definition) is 10. The van der Waals surface area contributed by atoms with Crippen LogP contribution in [0, 0.1) is 11.8 Å². The molecule has 4 aliphatic rings. The standard InChI is InChI=1S/C44H57N7O8/c1-4-37(56-2)48-38(31-17-23-58-24-18-31)42(53)51-22-6-8-36(51)41(52)46-33-15-13-29(14-16-33)28-9-11-30(12-10-28)34-27-45-40(47-34)35-7-5-21-50(35)43(54)39(49-44(55)57-3)32-19-25-59-26-20-32/h9-16,27,31-32,35-36,38-39H,4-8,17-26H2,1-3H3,(H,45,47)(H,46,52)(H,49,55). The number of aromatic nitrogens is 2. The maximum atomic E-state index is 14.0. The van der Waals surface area contributed by atoms with Crippen molar-refractivity contribution in [2.24, 2.45) is 16.8 Å². The number of nitrogens with zero attached hydrogens (tertiary/aromatic N) is 4. The molecule has 4 amide bonds. The molecule has 1 aromatic heterocycles. The number of H-pyrrole nitrogens is 1. The summed E-state index contributed by atoms with van der Waals surface area (Å²) in [5.41, 5.74) is 4.44. The molecular weight excluding hydrogens is 755 g/mol. The Balaban J connectivity index is 0.976. The van der Waals surface area contributed by atoms with Gasteiger partial charge in [-0.1, -0.05) is 43.3 Å². The van der Waals surface area contributed by atoms with Crippen LogP contribution < -0.4 is 10.6 Å². The topological polar surface area (TPSA) is 177 Å². The molecule has 3 N–H and O–H groups in total. The van der Waals surface area contributed by atoms with Crippen LogP contribution in [-0.2, 0) is 33.3 Å². The summed E-state index contributed by atoms with van der Waals surface area (Å²) in [6.07, 6.45) is 7.57. The van der Waals surface area contributed by atoms with E-state index in [-0.39, 0.29) is 35.6 Å². The Morgan fingerprint density at radius 2 is 1.41 bits per heavy atom. The number of amides is 4. The number of methoxy groups -OCH3 is 2. The molecule has 15 heteroatoms. The summed E-state index contributed by atoms with van der Waals surface area (Å²) in [7, 11) is 2.88. The molecule has 3 aromatic rings. The lowest BCUT2D eigenvalue weighted by atomic mass is 9.90. The third kappa shape index (κ3) is 9.79. The number of nitrogens with one attached hydrogen (secondary N) is 3. The van der Waals surface area contributed by atoms with E-state index < -0.39 is 24.2 Å². The lowest BCUT2D eigenvalue weighted by Gasteiger charge is -2.34. The number of benzene rings is 2. The van der Waals surface area contributed by atoms with Crippen LogP contribution in [0.3, 0.4) is 0 Å². The first-order chi connectivity index (χ1) is 28.8. The van der Waals surface area contributed by atoms with E-state index >= 15 is 0 Å². The van der Waals surface area contributed by atoms with Crippen molar-refractivity contribution in [2.75, 3.05) is 59.1 Å². The quantitative estimate of drug-likeness (QED) is 0.152. The van der Waals surface area contributed by atoms with Gasteiger partial charge in [0.25, 0.3) is 0 Å². The Hall–Kier alpha value is -5.28. The van der Waals surface area contributed by atoms with Crippen LogP contribution >= 0.6 is 0 Å². The smallest absolute Gasteiger partial charge is 0.407 e. The van der Waals surface area contributed by atoms with Crippen molar-refractivity contribution in [1.82, 2.24) is 25.1 Å². The fourth-order valence-electron chi connectivity index (χ4n) is 8.89. The first-order valence-electron chi connectivity index (χ1n) is 21.1. The van der Waals surface area contributed by atoms with Crippen molar-refractivity contribution in [3.05, 3.63) is 60.6 Å². The van der Waals surface area contributed by atoms with E-state index in [0.717, 1.165) is 54.5 Å². The minimum Gasteiger partial charge on any atom is -0.484 e. The fraction of sp³-hybridized carbons (Fsp3) is 0.545. The highest BCUT2D eigenvalue weighted by atomic mass is 16.5. The van der Waals surface area contributed by atoms with Crippen LogP contribution in [-0.4, -0.2) is 121 Å². The number of aliphatic imine (C=N–C) groups is 1. The summed E-state index contributed by atoms with van der Waals surface area (Å²) in [4.78, 5) is 70.3. The Kier molecular flexibility index (Phi) is 13.9. The number of imidazole rings is 1. The molecule has 0 saturated carbocycles. The zero-order valence-corrected chi connectivity index (χ0v) is 34.3. The van der Waals surface area contributed by atoms with Gasteiger partial charge in [0.15, 0.2) is 5.90 Å². The molecule has 7 rings (SSSR count). The maximum Gasteiger partial charge on any atom is 0.407 e. The average molecular weight is 812 g/mol. The lowest BCUT2D eigenvalue weighted by molar-refractivity contribution is -0.139. The van der Waals surface area contributed by atoms with Crippen LogP contribution in [0.4, 0.5) is 10.5 Å². The van der Waals surface area contributed by atoms with Crippen molar-refractivity contribution >= 4 is 35.4 Å². The molecule has 0 radical (unpaired) electrons. The number of anilines is 1. The van der Waals surface area contributed by atoms with Gasteiger partial charge >= 0.3 is 6.09 Å². The Morgan fingerprint density at radius 3 is 2.05 bits per heavy atom. The molecule has 4 unspecified atom stereocenters. The van der Waals surface area contributed by atoms with Gasteiger partial charge < -0.3 is 44.4 Å². The first-order valence-corrected chi connectivity index (χ1v) is 21.1. The van der Waals surface area contributed by atoms with Crippen LogP contribution in [0.1, 0.15) is 76.6 Å². The maximum absolute atomic E-state index is 14.0. The summed E-state index contributed by atoms with van der Waals surface area (Å²) in [6, 6.07) is 13.7. The monoisotopic (exact) mass is 811 g/mol. The molecule has 59 heavy (non-hydrogen) atoms. The second kappa shape index (κ2) is 19.6. The molecule has 4 fully saturated rings. The molecule has 4 saturated heterocycles. The molecule has 15 nitrogen and oxygen atoms in total. The third-order valence-corrected chi connectivity index (χ3v) is 12.2. The third-order valence-electron chi connectivity index (χ3n) is 12.2. The van der Waals surface area contributed by atoms with E-state index in [9.17, 15) is 19.2 Å². The SMILES string of the molecule is CCC(=NC(C(=O)N1CCCC1C(=O)Nc1ccc(-c2ccc(-c3cnc(C4CCCN4C(=O)C(NC(=O)OC)C4CCOCC4)[nH]3)cc2)cc1)C1CCOCC1)OC. The molecule has 0 aliphatic carbocycles. The van der Waals surface area contributed by atoms with E-state index in [1.807, 2.05) is 60.4 Å². The second-order valence-electron chi connectivity index (χ2n) is 15.7. The predicted octanol–water partition coefficient (Wildman–Crippen LogP) is 5.74. The number of carbonyl (C=O) groups excluding carboxylic acids is 4. The highest BCUT2D eigenvalue weighted by Gasteiger charge is 2.42. The molecule has 4 atom stereocenters. The van der Waals surface area contributed by atoms with Gasteiger partial charge in [0, 0.05) is 51.6 Å². The van der Waals surface area contributed by atoms with Crippen LogP contribution in [0.2, 0.25) is 0 Å². The average Bonchev–Trinajstić information content (AvgIpc) is 4.09. The van der Waals surface area contributed by atoms with Crippen molar-refractivity contribution < 1.29 is 38.1 Å². The highest BCUT2D eigenvalue weighted by molar-refractivity contribution is 5.99. The summed E-state index contributed by atoms with van der Waals surface area (Å²) in [5.74, 6) is 0.806. The molecule has 0 spiro atoms. The van der Waals surface area contributed by atoms with E-state index in [1.54, 1.807) is 18.2 Å². The van der Waals surface area contributed by atoms with E-state index in [0.29, 0.717) is 82.6 Å². The predicted molar refractivity (Wildman–Crippen MR) is 221 cm³/mol. The van der Waals surface area contributed by atoms with Crippen molar-refractivity contribution in [1.29, 1.82) is 0 Å². The van der Waals surface area contributed by atoms with Gasteiger partial charge in [-0.25, -0.2) is 14.8 Å². The molecule has 316 valence electrons. The molecular formula is C44H57N7O8. The Labute approximate surface area is 345 Å². The molecule has 2 aromatic carbocycles. The number of aromatic amines is 1. The second-order valence-corrected chi connectivity index (χ2v) is 15.7. The molecule has 5 heterocycles. The van der Waals surface area contributed by atoms with Gasteiger partial charge in [-0.05, 0) is 92.0 Å². The summed E-state index contributed by atoms with van der Waals surface area (Å²) in [6.45, 7) is 5.35. The normalized spacial score (nSPS) is 21.5. The number of rotatable bonds is 12. The summed E-state index contributed by atoms with van der Waals surface area (Å²) < 4.78 is 21.4. The van der Waals surface area contributed by atoms with Gasteiger partial charge in [0.1, 0.15) is 23.9 Å². The van der Waals surface area contributed by atoms with Crippen LogP contribution in [0.25, 0.3) is 22.4 Å². The van der Waals surface area contributed by atoms with Gasteiger partial charge in [-0.15, -0.1) is 0 Å². The van der Waals surface area contributed by atoms with Crippen molar-refractivity contribution in [3.8, 4) is 22.4 Å². The first kappa shape index (κ1) is 41.9. The minimum absolute atomic E-state index is 0.0329. The zero-order valence-electron chi connectivity index (χ0n) is 34.3. The van der Waals surface area contributed by atoms with Crippen molar-refractivity contribution in [2.45, 2.75) is 88.9 Å². The number of hydrogen-bond donors (Lipinski definition) is 3. The number of likely N-dealkylation sites (tertiary alicyclic amines) is 2. The van der Waals surface area contributed by atoms with Gasteiger partial charge in [0.05, 0.1) is 32.2 Å². The summed E-state index contributed by atoms with van der Waals surface area (Å²) >= 11 is 0. The number of alkyl carbamates (subject to hydrolysis) is 1. The number of carbonyl (C=O) groups is 4. The summed E-state index contributed by atoms with van der Waals surface area (Å²) in [5, 5.41) is 5.85. The van der Waals surface area contributed by atoms with E-state index in [2.05, 4.69) is 15.6 Å². The largest absolute Gasteiger partial charge is 0.484 e. The number of ether oxygens (including phenoxy) is 4. The Bertz CT molecular complexity index is 1930. The highest BCUT2D eigenvalue weighted by Crippen LogP contribution is 2.35. The zero-order chi connectivity index (χ0) is 41.3. The van der Waals surface area contributed by atoms with Gasteiger partial charge in [-0.3, -0.25) is 14.4 Å².